The molecule has 4 N–H and O–H groups in total. The summed E-state index contributed by atoms with van der Waals surface area (Å²) >= 11 is 0. The number of hydrogen-bond acceptors (Lipinski definition) is 10. The minimum absolute atomic E-state index is 0.116. The van der Waals surface area contributed by atoms with Gasteiger partial charge in [-0.3, -0.25) is 9.59 Å². The van der Waals surface area contributed by atoms with E-state index in [4.69, 9.17) is 18.9 Å². The van der Waals surface area contributed by atoms with Gasteiger partial charge in [-0.05, 0) is 77.0 Å². The Kier molecular flexibility index (Phi) is 34.5. The Hall–Kier alpha value is -3.90. The van der Waals surface area contributed by atoms with Gasteiger partial charge in [-0.1, -0.05) is 148 Å². The first-order chi connectivity index (χ1) is 28.8. The maximum absolute atomic E-state index is 12.7. The first-order valence-corrected chi connectivity index (χ1v) is 21.7. The summed E-state index contributed by atoms with van der Waals surface area (Å²) in [5, 5.41) is 40.0. The number of aliphatic hydroxyl groups is 4. The molecule has 0 saturated carbocycles. The standard InChI is InChI=1S/C49H74O10/c1-3-5-7-9-11-13-15-17-18-19-20-21-22-23-24-26-27-29-31-33-35-37-44(51)56-40-42(41-57-49-48(55)47(54)46(53)43(39-50)59-49)58-45(52)38-36-34-32-30-28-25-16-14-12-10-8-6-4-2/h6,8,10-14,16-18,20-21,23-25,27-30,32,42-43,46-50,53-55H,3-5,7,9,15,19,22,26,31,33-41H2,1-2H3/b8-6+,12-10+,13-11+,16-14+,18-17+,21-20+,24-23+,28-25+,29-27+,32-30+/t42?,43-,46+,47?,48?,49-/m0/s1. The van der Waals surface area contributed by atoms with E-state index in [0.29, 0.717) is 19.3 Å². The van der Waals surface area contributed by atoms with Gasteiger partial charge < -0.3 is 39.4 Å². The fourth-order valence-corrected chi connectivity index (χ4v) is 5.53. The van der Waals surface area contributed by atoms with Crippen LogP contribution in [-0.4, -0.2) is 89.0 Å². The maximum atomic E-state index is 12.7. The Morgan fingerprint density at radius 1 is 0.559 bits per heavy atom. The molecular weight excluding hydrogens is 749 g/mol. The summed E-state index contributed by atoms with van der Waals surface area (Å²) in [7, 11) is 0. The molecule has 0 aliphatic carbocycles. The van der Waals surface area contributed by atoms with E-state index in [0.717, 1.165) is 44.9 Å². The van der Waals surface area contributed by atoms with Crippen LogP contribution in [0.3, 0.4) is 0 Å². The van der Waals surface area contributed by atoms with Crippen molar-refractivity contribution in [1.29, 1.82) is 0 Å². The van der Waals surface area contributed by atoms with Gasteiger partial charge in [0.15, 0.2) is 12.4 Å². The minimum Gasteiger partial charge on any atom is -0.462 e. The number of hydrogen-bond donors (Lipinski definition) is 4. The number of unbranched alkanes of at least 4 members (excludes halogenated alkanes) is 6. The van der Waals surface area contributed by atoms with Gasteiger partial charge in [0.05, 0.1) is 13.2 Å². The van der Waals surface area contributed by atoms with E-state index in [-0.39, 0.29) is 26.1 Å². The monoisotopic (exact) mass is 823 g/mol. The van der Waals surface area contributed by atoms with Gasteiger partial charge in [0.2, 0.25) is 0 Å². The number of carbonyl (C=O) groups is 2. The van der Waals surface area contributed by atoms with E-state index < -0.39 is 55.4 Å². The fraction of sp³-hybridized carbons (Fsp3) is 0.551. The van der Waals surface area contributed by atoms with Crippen molar-refractivity contribution in [3.8, 4) is 0 Å². The molecule has 0 spiro atoms. The highest BCUT2D eigenvalue weighted by molar-refractivity contribution is 5.70. The van der Waals surface area contributed by atoms with E-state index in [1.54, 1.807) is 0 Å². The maximum Gasteiger partial charge on any atom is 0.306 e. The van der Waals surface area contributed by atoms with Crippen LogP contribution in [0.15, 0.2) is 122 Å². The van der Waals surface area contributed by atoms with E-state index in [2.05, 4.69) is 80.7 Å². The number of ether oxygens (including phenoxy) is 4. The number of aliphatic hydroxyl groups excluding tert-OH is 4. The molecule has 1 saturated heterocycles. The highest BCUT2D eigenvalue weighted by Crippen LogP contribution is 2.22. The summed E-state index contributed by atoms with van der Waals surface area (Å²) in [5.74, 6) is -0.960. The highest BCUT2D eigenvalue weighted by Gasteiger charge is 2.44. The van der Waals surface area contributed by atoms with Crippen LogP contribution < -0.4 is 0 Å². The molecule has 1 rings (SSSR count). The average Bonchev–Trinajstić information content (AvgIpc) is 3.23. The van der Waals surface area contributed by atoms with E-state index in [1.807, 2.05) is 54.7 Å². The average molecular weight is 823 g/mol. The van der Waals surface area contributed by atoms with Gasteiger partial charge in [0, 0.05) is 12.8 Å². The van der Waals surface area contributed by atoms with Crippen molar-refractivity contribution < 1.29 is 49.0 Å². The molecule has 0 amide bonds. The largest absolute Gasteiger partial charge is 0.462 e. The molecule has 59 heavy (non-hydrogen) atoms. The SMILES string of the molecule is CC/C=C/C=C/C=C/C=C/C=C/CCCC(=O)OC(COC(=O)CCCC/C=C/C/C=C/C/C=C/C/C=C/C/C=C/CCCCC)CO[C@H]1O[C@@H](CO)[C@@H](O)C(O)C1O. The van der Waals surface area contributed by atoms with E-state index in [9.17, 15) is 30.0 Å². The van der Waals surface area contributed by atoms with Gasteiger partial charge in [-0.25, -0.2) is 0 Å². The van der Waals surface area contributed by atoms with Crippen molar-refractivity contribution in [3.63, 3.8) is 0 Å². The number of esters is 2. The van der Waals surface area contributed by atoms with Crippen LogP contribution in [-0.2, 0) is 28.5 Å². The molecule has 6 atom stereocenters. The molecule has 330 valence electrons. The molecule has 1 aliphatic rings. The molecule has 0 radical (unpaired) electrons. The van der Waals surface area contributed by atoms with Crippen LogP contribution >= 0.6 is 0 Å². The van der Waals surface area contributed by atoms with Gasteiger partial charge in [-0.15, -0.1) is 0 Å². The van der Waals surface area contributed by atoms with Crippen molar-refractivity contribution in [1.82, 2.24) is 0 Å². The molecule has 0 aromatic carbocycles. The van der Waals surface area contributed by atoms with Gasteiger partial charge in [-0.2, -0.15) is 0 Å². The predicted octanol–water partition coefficient (Wildman–Crippen LogP) is 9.10. The van der Waals surface area contributed by atoms with Crippen molar-refractivity contribution in [3.05, 3.63) is 122 Å². The number of carbonyl (C=O) groups excluding carboxylic acids is 2. The predicted molar refractivity (Wildman–Crippen MR) is 237 cm³/mol. The lowest BCUT2D eigenvalue weighted by Gasteiger charge is -2.39. The zero-order valence-corrected chi connectivity index (χ0v) is 35.7. The van der Waals surface area contributed by atoms with Crippen molar-refractivity contribution >= 4 is 11.9 Å². The molecule has 1 fully saturated rings. The number of rotatable bonds is 33. The molecule has 1 heterocycles. The molecule has 3 unspecified atom stereocenters. The molecule has 0 bridgehead atoms. The summed E-state index contributed by atoms with van der Waals surface area (Å²) in [5.41, 5.74) is 0. The fourth-order valence-electron chi connectivity index (χ4n) is 5.53. The van der Waals surface area contributed by atoms with Gasteiger partial charge >= 0.3 is 11.9 Å². The molecular formula is C49H74O10. The zero-order chi connectivity index (χ0) is 43.0. The zero-order valence-electron chi connectivity index (χ0n) is 35.7. The Morgan fingerprint density at radius 2 is 1.07 bits per heavy atom. The normalized spacial score (nSPS) is 21.2. The summed E-state index contributed by atoms with van der Waals surface area (Å²) in [6.07, 6.45) is 46.5. The second-order valence-electron chi connectivity index (χ2n) is 14.2. The minimum atomic E-state index is -1.62. The van der Waals surface area contributed by atoms with Crippen molar-refractivity contribution in [2.75, 3.05) is 19.8 Å². The third-order valence-corrected chi connectivity index (χ3v) is 8.96. The van der Waals surface area contributed by atoms with Gasteiger partial charge in [0.1, 0.15) is 31.0 Å². The van der Waals surface area contributed by atoms with Crippen LogP contribution in [0.1, 0.15) is 117 Å². The lowest BCUT2D eigenvalue weighted by Crippen LogP contribution is -2.59. The van der Waals surface area contributed by atoms with Gasteiger partial charge in [0.25, 0.3) is 0 Å². The smallest absolute Gasteiger partial charge is 0.306 e. The topological polar surface area (TPSA) is 152 Å². The van der Waals surface area contributed by atoms with Crippen LogP contribution in [0.5, 0.6) is 0 Å². The number of allylic oxidation sites excluding steroid dienone is 20. The van der Waals surface area contributed by atoms with Crippen LogP contribution in [0, 0.1) is 0 Å². The second-order valence-corrected chi connectivity index (χ2v) is 14.2. The molecule has 1 aliphatic heterocycles. The Bertz CT molecular complexity index is 1370. The van der Waals surface area contributed by atoms with Crippen LogP contribution in [0.25, 0.3) is 0 Å². The Balaban J connectivity index is 2.42. The summed E-state index contributed by atoms with van der Waals surface area (Å²) < 4.78 is 22.0. The Morgan fingerprint density at radius 3 is 1.63 bits per heavy atom. The molecule has 10 heteroatoms. The molecule has 0 aromatic heterocycles. The first kappa shape index (κ1) is 53.1. The molecule has 10 nitrogen and oxygen atoms in total. The van der Waals surface area contributed by atoms with Crippen molar-refractivity contribution in [2.45, 2.75) is 153 Å². The first-order valence-electron chi connectivity index (χ1n) is 21.7. The summed E-state index contributed by atoms with van der Waals surface area (Å²) in [6.45, 7) is 3.09. The van der Waals surface area contributed by atoms with E-state index >= 15 is 0 Å². The summed E-state index contributed by atoms with van der Waals surface area (Å²) in [4.78, 5) is 25.2. The molecule has 0 aromatic rings. The third kappa shape index (κ3) is 29.9. The Labute approximate surface area is 354 Å². The van der Waals surface area contributed by atoms with Crippen LogP contribution in [0.4, 0.5) is 0 Å². The summed E-state index contributed by atoms with van der Waals surface area (Å²) in [6, 6.07) is 0. The third-order valence-electron chi connectivity index (χ3n) is 8.96. The van der Waals surface area contributed by atoms with Crippen molar-refractivity contribution in [2.24, 2.45) is 0 Å². The quantitative estimate of drug-likeness (QED) is 0.0218. The second kappa shape index (κ2) is 38.3. The van der Waals surface area contributed by atoms with Crippen LogP contribution in [0.2, 0.25) is 0 Å². The lowest BCUT2D eigenvalue weighted by molar-refractivity contribution is -0.305. The lowest BCUT2D eigenvalue weighted by atomic mass is 9.99. The highest BCUT2D eigenvalue weighted by atomic mass is 16.7. The van der Waals surface area contributed by atoms with E-state index in [1.165, 1.54) is 25.7 Å².